The molecule has 1 atom stereocenters. The molecule has 0 aliphatic carbocycles. The topological polar surface area (TPSA) is 95.9 Å². The summed E-state index contributed by atoms with van der Waals surface area (Å²) in [6.07, 6.45) is 1.07. The van der Waals surface area contributed by atoms with Gasteiger partial charge in [0.15, 0.2) is 0 Å². The van der Waals surface area contributed by atoms with Crippen LogP contribution in [0.25, 0.3) is 0 Å². The van der Waals surface area contributed by atoms with Crippen LogP contribution in [0.1, 0.15) is 6.92 Å². The Hall–Kier alpha value is -0.960. The Morgan fingerprint density at radius 2 is 2.11 bits per heavy atom. The van der Waals surface area contributed by atoms with Crippen LogP contribution >= 0.6 is 0 Å². The molecule has 1 rings (SSSR count). The van der Waals surface area contributed by atoms with Gasteiger partial charge in [0.2, 0.25) is 5.91 Å². The van der Waals surface area contributed by atoms with Gasteiger partial charge < -0.3 is 10.1 Å². The number of nitrogens with zero attached hydrogens (tertiary/aromatic N) is 1. The first-order chi connectivity index (χ1) is 8.74. The van der Waals surface area contributed by atoms with Gasteiger partial charge in [-0.25, -0.2) is 0 Å². The Kier molecular flexibility index (Phi) is 5.48. The first kappa shape index (κ1) is 16.1. The maximum atomic E-state index is 11.4. The van der Waals surface area contributed by atoms with E-state index in [-0.39, 0.29) is 0 Å². The number of hydrogen-bond acceptors (Lipinski definition) is 5. The molecule has 0 aromatic heterocycles. The van der Waals surface area contributed by atoms with E-state index < -0.39 is 27.3 Å². The van der Waals surface area contributed by atoms with E-state index >= 15 is 0 Å². The van der Waals surface area contributed by atoms with Gasteiger partial charge in [-0.1, -0.05) is 6.58 Å². The van der Waals surface area contributed by atoms with E-state index in [2.05, 4.69) is 11.9 Å². The highest BCUT2D eigenvalue weighted by Gasteiger charge is 2.33. The summed E-state index contributed by atoms with van der Waals surface area (Å²) < 4.78 is 36.4. The molecule has 19 heavy (non-hydrogen) atoms. The molecule has 1 fully saturated rings. The van der Waals surface area contributed by atoms with E-state index in [1.807, 2.05) is 4.90 Å². The molecular formula is C11H20N2O5S. The minimum Gasteiger partial charge on any atom is -0.379 e. The zero-order valence-corrected chi connectivity index (χ0v) is 11.8. The number of nitrogens with one attached hydrogen (secondary N) is 1. The molecule has 1 unspecified atom stereocenters. The van der Waals surface area contributed by atoms with Gasteiger partial charge in [-0.15, -0.1) is 0 Å². The Bertz CT molecular complexity index is 430. The third-order valence-electron chi connectivity index (χ3n) is 2.79. The lowest BCUT2D eigenvalue weighted by Crippen LogP contribution is -2.58. The molecule has 0 saturated carbocycles. The molecule has 8 heteroatoms. The molecule has 110 valence electrons. The molecule has 1 heterocycles. The fraction of sp³-hybridized carbons (Fsp3) is 0.727. The van der Waals surface area contributed by atoms with E-state index in [4.69, 9.17) is 9.29 Å². The van der Waals surface area contributed by atoms with Crippen LogP contribution in [0.4, 0.5) is 0 Å². The van der Waals surface area contributed by atoms with Crippen molar-refractivity contribution in [2.24, 2.45) is 0 Å². The lowest BCUT2D eigenvalue weighted by atomic mass is 10.0. The Morgan fingerprint density at radius 1 is 1.53 bits per heavy atom. The van der Waals surface area contributed by atoms with Crippen molar-refractivity contribution in [2.75, 3.05) is 38.6 Å². The van der Waals surface area contributed by atoms with Crippen molar-refractivity contribution in [3.63, 3.8) is 0 Å². The summed E-state index contributed by atoms with van der Waals surface area (Å²) in [7, 11) is -4.19. The first-order valence-electron chi connectivity index (χ1n) is 5.94. The summed E-state index contributed by atoms with van der Waals surface area (Å²) >= 11 is 0. The number of carbonyl (C=O) groups is 1. The van der Waals surface area contributed by atoms with Crippen LogP contribution in [0.15, 0.2) is 12.7 Å². The third kappa shape index (κ3) is 6.15. The first-order valence-corrected chi connectivity index (χ1v) is 7.55. The Balaban J connectivity index is 2.77. The molecule has 0 aromatic rings. The zero-order chi connectivity index (χ0) is 14.5. The van der Waals surface area contributed by atoms with Crippen molar-refractivity contribution in [2.45, 2.75) is 12.5 Å². The largest absolute Gasteiger partial charge is 0.379 e. The number of carbonyl (C=O) groups excluding carboxylic acids is 1. The van der Waals surface area contributed by atoms with Gasteiger partial charge in [0.1, 0.15) is 0 Å². The number of hydrogen-bond donors (Lipinski definition) is 2. The third-order valence-corrected chi connectivity index (χ3v) is 3.79. The second-order valence-corrected chi connectivity index (χ2v) is 6.32. The summed E-state index contributed by atoms with van der Waals surface area (Å²) in [6.45, 7) is 7.68. The lowest BCUT2D eigenvalue weighted by molar-refractivity contribution is -0.118. The lowest BCUT2D eigenvalue weighted by Gasteiger charge is -2.36. The molecule has 0 aromatic carbocycles. The molecule has 1 amide bonds. The van der Waals surface area contributed by atoms with Crippen LogP contribution in [0.2, 0.25) is 0 Å². The van der Waals surface area contributed by atoms with Crippen LogP contribution in [-0.4, -0.2) is 67.9 Å². The minimum absolute atomic E-state index is 0.315. The highest BCUT2D eigenvalue weighted by atomic mass is 32.2. The number of amides is 1. The average Bonchev–Trinajstić information content (AvgIpc) is 2.26. The molecule has 1 aliphatic heterocycles. The fourth-order valence-electron chi connectivity index (χ4n) is 2.13. The van der Waals surface area contributed by atoms with E-state index in [1.54, 1.807) is 6.92 Å². The van der Waals surface area contributed by atoms with Gasteiger partial charge in [0, 0.05) is 19.6 Å². The van der Waals surface area contributed by atoms with Crippen LogP contribution < -0.4 is 5.32 Å². The smallest absolute Gasteiger partial charge is 0.267 e. The van der Waals surface area contributed by atoms with Crippen molar-refractivity contribution in [3.8, 4) is 0 Å². The van der Waals surface area contributed by atoms with Crippen molar-refractivity contribution >= 4 is 16.0 Å². The second kappa shape index (κ2) is 6.47. The quantitative estimate of drug-likeness (QED) is 0.495. The summed E-state index contributed by atoms with van der Waals surface area (Å²) in [5.74, 6) is -1.02. The van der Waals surface area contributed by atoms with Gasteiger partial charge in [0.05, 0.1) is 24.5 Å². The van der Waals surface area contributed by atoms with Crippen molar-refractivity contribution < 1.29 is 22.5 Å². The fourth-order valence-corrected chi connectivity index (χ4v) is 3.09. The summed E-state index contributed by atoms with van der Waals surface area (Å²) in [5.41, 5.74) is -1.07. The molecule has 2 N–H and O–H groups in total. The minimum atomic E-state index is -4.19. The van der Waals surface area contributed by atoms with Gasteiger partial charge in [-0.05, 0) is 13.0 Å². The molecule has 1 aliphatic rings. The van der Waals surface area contributed by atoms with Gasteiger partial charge in [0.25, 0.3) is 10.1 Å². The monoisotopic (exact) mass is 292 g/mol. The van der Waals surface area contributed by atoms with Crippen molar-refractivity contribution in [3.05, 3.63) is 12.7 Å². The van der Waals surface area contributed by atoms with Gasteiger partial charge in [-0.2, -0.15) is 8.42 Å². The second-order valence-electron chi connectivity index (χ2n) is 4.87. The maximum absolute atomic E-state index is 11.4. The summed E-state index contributed by atoms with van der Waals surface area (Å²) in [5, 5.41) is 2.57. The highest BCUT2D eigenvalue weighted by molar-refractivity contribution is 7.85. The SMILES string of the molecule is C=CC(=O)NC(C)(CN1CCOCC1)CS(=O)(=O)O. The van der Waals surface area contributed by atoms with E-state index in [0.29, 0.717) is 32.8 Å². The predicted molar refractivity (Wildman–Crippen MR) is 70.4 cm³/mol. The van der Waals surface area contributed by atoms with E-state index in [0.717, 1.165) is 6.08 Å². The molecule has 0 bridgehead atoms. The standard InChI is InChI=1S/C11H20N2O5S/c1-3-10(14)12-11(2,9-19(15,16)17)8-13-4-6-18-7-5-13/h3H,1,4-9H2,2H3,(H,12,14)(H,15,16,17). The zero-order valence-electron chi connectivity index (χ0n) is 11.0. The number of rotatable bonds is 6. The Labute approximate surface area is 113 Å². The van der Waals surface area contributed by atoms with Crippen LogP contribution in [0.5, 0.6) is 0 Å². The van der Waals surface area contributed by atoms with Crippen LogP contribution in [0, 0.1) is 0 Å². The highest BCUT2D eigenvalue weighted by Crippen LogP contribution is 2.12. The van der Waals surface area contributed by atoms with Gasteiger partial charge in [-0.3, -0.25) is 14.2 Å². The van der Waals surface area contributed by atoms with E-state index in [1.165, 1.54) is 0 Å². The molecular weight excluding hydrogens is 272 g/mol. The normalized spacial score (nSPS) is 20.5. The number of ether oxygens (including phenoxy) is 1. The van der Waals surface area contributed by atoms with Gasteiger partial charge >= 0.3 is 0 Å². The summed E-state index contributed by atoms with van der Waals surface area (Å²) in [6, 6.07) is 0. The summed E-state index contributed by atoms with van der Waals surface area (Å²) in [4.78, 5) is 13.4. The van der Waals surface area contributed by atoms with Crippen LogP contribution in [-0.2, 0) is 19.6 Å². The Morgan fingerprint density at radius 3 is 2.58 bits per heavy atom. The van der Waals surface area contributed by atoms with Crippen LogP contribution in [0.3, 0.4) is 0 Å². The average molecular weight is 292 g/mol. The predicted octanol–water partition coefficient (Wildman–Crippen LogP) is -0.733. The molecule has 7 nitrogen and oxygen atoms in total. The molecule has 1 saturated heterocycles. The molecule has 0 radical (unpaired) electrons. The van der Waals surface area contributed by atoms with Crippen molar-refractivity contribution in [1.82, 2.24) is 10.2 Å². The molecule has 0 spiro atoms. The van der Waals surface area contributed by atoms with Crippen molar-refractivity contribution in [1.29, 1.82) is 0 Å². The van der Waals surface area contributed by atoms with E-state index in [9.17, 15) is 13.2 Å². The maximum Gasteiger partial charge on any atom is 0.267 e. The number of morpholine rings is 1.